The number of fused-ring (bicyclic) bond motifs is 3. The van der Waals surface area contributed by atoms with E-state index in [1.165, 1.54) is 24.8 Å². The molecule has 1 aromatic carbocycles. The van der Waals surface area contributed by atoms with Crippen LogP contribution in [-0.2, 0) is 0 Å². The highest BCUT2D eigenvalue weighted by Crippen LogP contribution is 2.68. The number of benzene rings is 1. The molecule has 24 heavy (non-hydrogen) atoms. The Morgan fingerprint density at radius 2 is 1.62 bits per heavy atom. The molecule has 4 atom stereocenters. The first-order valence-electron chi connectivity index (χ1n) is 9.47. The Morgan fingerprint density at radius 1 is 0.958 bits per heavy atom. The van der Waals surface area contributed by atoms with Crippen LogP contribution in [0.3, 0.4) is 0 Å². The second kappa shape index (κ2) is 4.23. The molecule has 0 amide bonds. The van der Waals surface area contributed by atoms with Crippen LogP contribution in [0.5, 0.6) is 17.2 Å². The van der Waals surface area contributed by atoms with Gasteiger partial charge in [0.1, 0.15) is 28.5 Å². The van der Waals surface area contributed by atoms with Gasteiger partial charge < -0.3 is 14.6 Å². The highest BCUT2D eigenvalue weighted by Gasteiger charge is 2.67. The van der Waals surface area contributed by atoms with Crippen molar-refractivity contribution in [1.29, 1.82) is 0 Å². The third-order valence-corrected chi connectivity index (χ3v) is 7.67. The summed E-state index contributed by atoms with van der Waals surface area (Å²) in [5, 5.41) is 10.2. The van der Waals surface area contributed by atoms with Crippen LogP contribution in [0.2, 0.25) is 0 Å². The van der Waals surface area contributed by atoms with Gasteiger partial charge in [0, 0.05) is 23.1 Å². The van der Waals surface area contributed by atoms with Crippen molar-refractivity contribution in [3.8, 4) is 17.2 Å². The van der Waals surface area contributed by atoms with E-state index in [1.807, 2.05) is 6.07 Å². The lowest BCUT2D eigenvalue weighted by atomic mass is 9.59. The third-order valence-electron chi connectivity index (χ3n) is 7.67. The number of ether oxygens (including phenoxy) is 2. The molecule has 2 aliphatic carbocycles. The van der Waals surface area contributed by atoms with Crippen molar-refractivity contribution in [1.82, 2.24) is 0 Å². The van der Waals surface area contributed by atoms with Gasteiger partial charge in [-0.25, -0.2) is 0 Å². The fourth-order valence-electron chi connectivity index (χ4n) is 6.55. The molecular weight excluding hydrogens is 300 g/mol. The van der Waals surface area contributed by atoms with Gasteiger partial charge in [0.25, 0.3) is 0 Å². The summed E-state index contributed by atoms with van der Waals surface area (Å²) >= 11 is 0. The van der Waals surface area contributed by atoms with Crippen LogP contribution in [0.25, 0.3) is 0 Å². The average molecular weight is 328 g/mol. The Labute approximate surface area is 144 Å². The highest BCUT2D eigenvalue weighted by atomic mass is 16.5. The van der Waals surface area contributed by atoms with Gasteiger partial charge >= 0.3 is 0 Å². The summed E-state index contributed by atoms with van der Waals surface area (Å²) in [6.07, 6.45) is 6.07. The first-order chi connectivity index (χ1) is 11.2. The van der Waals surface area contributed by atoms with Gasteiger partial charge in [-0.1, -0.05) is 13.8 Å². The number of rotatable bonds is 0. The first-order valence-corrected chi connectivity index (χ1v) is 9.47. The average Bonchev–Trinajstić information content (AvgIpc) is 2.99. The van der Waals surface area contributed by atoms with Gasteiger partial charge in [-0.15, -0.1) is 0 Å². The van der Waals surface area contributed by atoms with E-state index >= 15 is 0 Å². The Kier molecular flexibility index (Phi) is 2.63. The fourth-order valence-corrected chi connectivity index (χ4v) is 6.55. The van der Waals surface area contributed by atoms with Gasteiger partial charge in [0.2, 0.25) is 0 Å². The predicted octanol–water partition coefficient (Wildman–Crippen LogP) is 5.01. The van der Waals surface area contributed by atoms with E-state index in [4.69, 9.17) is 9.47 Å². The number of phenolic OH excluding ortho intramolecular Hbond substituents is 1. The van der Waals surface area contributed by atoms with Crippen LogP contribution in [0.1, 0.15) is 71.3 Å². The quantitative estimate of drug-likeness (QED) is 0.727. The molecule has 1 aromatic rings. The van der Waals surface area contributed by atoms with E-state index in [-0.39, 0.29) is 22.4 Å². The molecule has 0 radical (unpaired) electrons. The number of phenols is 1. The molecule has 4 aliphatic rings. The minimum Gasteiger partial charge on any atom is -0.508 e. The van der Waals surface area contributed by atoms with E-state index < -0.39 is 0 Å². The Bertz CT molecular complexity index is 720. The number of hydrogen-bond acceptors (Lipinski definition) is 3. The normalized spacial score (nSPS) is 40.1. The maximum Gasteiger partial charge on any atom is 0.131 e. The molecule has 1 N–H and O–H groups in total. The van der Waals surface area contributed by atoms with Crippen LogP contribution in [-0.4, -0.2) is 16.3 Å². The van der Waals surface area contributed by atoms with Crippen molar-refractivity contribution in [2.75, 3.05) is 0 Å². The lowest BCUT2D eigenvalue weighted by molar-refractivity contribution is -0.111. The number of aromatic hydroxyl groups is 1. The molecule has 2 bridgehead atoms. The second-order valence-corrected chi connectivity index (χ2v) is 9.74. The zero-order valence-corrected chi connectivity index (χ0v) is 15.2. The molecule has 2 saturated carbocycles. The van der Waals surface area contributed by atoms with Crippen molar-refractivity contribution in [3.63, 3.8) is 0 Å². The van der Waals surface area contributed by atoms with Crippen LogP contribution < -0.4 is 9.47 Å². The van der Waals surface area contributed by atoms with E-state index in [2.05, 4.69) is 27.7 Å². The van der Waals surface area contributed by atoms with Crippen molar-refractivity contribution in [2.45, 2.75) is 76.9 Å². The zero-order valence-electron chi connectivity index (χ0n) is 15.2. The Hall–Kier alpha value is -1.38. The topological polar surface area (TPSA) is 38.7 Å². The molecule has 130 valence electrons. The van der Waals surface area contributed by atoms with Crippen molar-refractivity contribution < 1.29 is 14.6 Å². The maximum absolute atomic E-state index is 10.2. The summed E-state index contributed by atoms with van der Waals surface area (Å²) in [7, 11) is 0. The van der Waals surface area contributed by atoms with Crippen LogP contribution >= 0.6 is 0 Å². The maximum atomic E-state index is 10.2. The summed E-state index contributed by atoms with van der Waals surface area (Å²) in [5.41, 5.74) is 1.12. The lowest BCUT2D eigenvalue weighted by Gasteiger charge is -2.55. The molecule has 5 rings (SSSR count). The monoisotopic (exact) mass is 328 g/mol. The van der Waals surface area contributed by atoms with Gasteiger partial charge in [-0.3, -0.25) is 0 Å². The Balaban J connectivity index is 1.68. The van der Waals surface area contributed by atoms with E-state index in [9.17, 15) is 5.11 Å². The highest BCUT2D eigenvalue weighted by molar-refractivity contribution is 5.55. The SMILES string of the molecule is CC1(C)CC2CC3(Oc4cc(O)cc(c42)O1)[C@@H]1CC[C@@H](C1)C3(C)C. The van der Waals surface area contributed by atoms with Gasteiger partial charge in [-0.2, -0.15) is 0 Å². The molecule has 3 nitrogen and oxygen atoms in total. The molecule has 0 aromatic heterocycles. The molecular formula is C21H28O3. The summed E-state index contributed by atoms with van der Waals surface area (Å²) in [6, 6.07) is 3.58. The minimum absolute atomic E-state index is 0.0773. The first kappa shape index (κ1) is 14.9. The van der Waals surface area contributed by atoms with Crippen LogP contribution in [0, 0.1) is 17.3 Å². The Morgan fingerprint density at radius 3 is 2.29 bits per heavy atom. The molecule has 3 heteroatoms. The molecule has 1 spiro atoms. The van der Waals surface area contributed by atoms with Crippen molar-refractivity contribution in [2.24, 2.45) is 17.3 Å². The fraction of sp³-hybridized carbons (Fsp3) is 0.714. The zero-order chi connectivity index (χ0) is 16.9. The molecule has 2 unspecified atom stereocenters. The third kappa shape index (κ3) is 1.69. The summed E-state index contributed by atoms with van der Waals surface area (Å²) in [6.45, 7) is 9.15. The lowest BCUT2D eigenvalue weighted by Crippen LogP contribution is -2.57. The standard InChI is InChI=1S/C21H28O3/c1-19(2)10-12-11-21(14-6-5-13(7-14)20(21,3)4)24-17-9-15(22)8-16(23-19)18(12)17/h8-9,12-14,22H,5-7,10-11H2,1-4H3/t12?,13-,14+,21?/m0/s1. The van der Waals surface area contributed by atoms with E-state index in [1.54, 1.807) is 6.07 Å². The van der Waals surface area contributed by atoms with Crippen molar-refractivity contribution in [3.05, 3.63) is 17.7 Å². The van der Waals surface area contributed by atoms with Crippen LogP contribution in [0.15, 0.2) is 12.1 Å². The summed E-state index contributed by atoms with van der Waals surface area (Å²) < 4.78 is 13.0. The van der Waals surface area contributed by atoms with Gasteiger partial charge in [0.05, 0.1) is 0 Å². The smallest absolute Gasteiger partial charge is 0.131 e. The van der Waals surface area contributed by atoms with E-state index in [0.29, 0.717) is 11.8 Å². The van der Waals surface area contributed by atoms with Gasteiger partial charge in [-0.05, 0) is 63.7 Å². The molecule has 0 saturated heterocycles. The van der Waals surface area contributed by atoms with E-state index in [0.717, 1.165) is 30.3 Å². The second-order valence-electron chi connectivity index (χ2n) is 9.74. The predicted molar refractivity (Wildman–Crippen MR) is 92.8 cm³/mol. The number of hydrogen-bond donors (Lipinski definition) is 1. The van der Waals surface area contributed by atoms with Crippen LogP contribution in [0.4, 0.5) is 0 Å². The molecule has 2 aliphatic heterocycles. The molecule has 2 fully saturated rings. The largest absolute Gasteiger partial charge is 0.508 e. The summed E-state index contributed by atoms with van der Waals surface area (Å²) in [4.78, 5) is 0. The minimum atomic E-state index is -0.191. The molecule has 2 heterocycles. The van der Waals surface area contributed by atoms with Crippen molar-refractivity contribution >= 4 is 0 Å². The van der Waals surface area contributed by atoms with Gasteiger partial charge in [0.15, 0.2) is 0 Å². The summed E-state index contributed by atoms with van der Waals surface area (Å²) in [5.74, 6) is 3.83.